The van der Waals surface area contributed by atoms with Gasteiger partial charge in [-0.05, 0) is 66.6 Å². The number of carbonyl (C=O) groups excluding carboxylic acids is 1. The summed E-state index contributed by atoms with van der Waals surface area (Å²) in [6, 6.07) is 4.61. The van der Waals surface area contributed by atoms with Crippen LogP contribution in [0.5, 0.6) is 0 Å². The summed E-state index contributed by atoms with van der Waals surface area (Å²) in [4.78, 5) is 39.3. The molecule has 39 heavy (non-hydrogen) atoms. The van der Waals surface area contributed by atoms with Crippen LogP contribution in [0.25, 0.3) is 22.3 Å². The Kier molecular flexibility index (Phi) is 5.15. The Morgan fingerprint density at radius 1 is 1.26 bits per heavy atom. The number of ether oxygens (including phenoxy) is 1. The van der Waals surface area contributed by atoms with Gasteiger partial charge in [0, 0.05) is 28.8 Å². The van der Waals surface area contributed by atoms with Gasteiger partial charge >= 0.3 is 5.97 Å². The molecule has 0 radical (unpaired) electrons. The quantitative estimate of drug-likeness (QED) is 0.256. The number of pyridine rings is 2. The molecule has 0 unspecified atom stereocenters. The zero-order valence-corrected chi connectivity index (χ0v) is 21.9. The predicted molar refractivity (Wildman–Crippen MR) is 141 cm³/mol. The van der Waals surface area contributed by atoms with Crippen molar-refractivity contribution in [3.63, 3.8) is 0 Å². The number of anilines is 1. The van der Waals surface area contributed by atoms with Crippen LogP contribution in [0.4, 0.5) is 10.2 Å². The highest BCUT2D eigenvalue weighted by atomic mass is 35.5. The summed E-state index contributed by atoms with van der Waals surface area (Å²) in [5, 5.41) is 15.6. The minimum atomic E-state index is -1.93. The smallest absolute Gasteiger partial charge is 0.343 e. The Morgan fingerprint density at radius 3 is 2.85 bits per heavy atom. The second kappa shape index (κ2) is 8.30. The fourth-order valence-corrected chi connectivity index (χ4v) is 6.44. The summed E-state index contributed by atoms with van der Waals surface area (Å²) < 4.78 is 21.8. The van der Waals surface area contributed by atoms with E-state index in [-0.39, 0.29) is 53.4 Å². The van der Waals surface area contributed by atoms with Crippen LogP contribution in [-0.4, -0.2) is 30.6 Å². The SMILES string of the molecule is CC[C@@]1(O)C(=O)OCc2c1cc1n(c2=O)Cc2c-1nc1cc(F)c(C)c3c1c2[C@@H](Nc1ccnc(Cl)n1)CC3. The molecule has 5 heterocycles. The number of cyclic esters (lactones) is 1. The molecule has 0 amide bonds. The normalized spacial score (nSPS) is 20.8. The van der Waals surface area contributed by atoms with E-state index < -0.39 is 11.6 Å². The molecule has 0 bridgehead atoms. The van der Waals surface area contributed by atoms with Crippen LogP contribution in [0.3, 0.4) is 0 Å². The molecule has 2 aliphatic heterocycles. The number of benzene rings is 1. The fourth-order valence-electron chi connectivity index (χ4n) is 6.29. The Bertz CT molecular complexity index is 1820. The summed E-state index contributed by atoms with van der Waals surface area (Å²) in [6.07, 6.45) is 2.91. The van der Waals surface area contributed by atoms with Crippen LogP contribution in [0.15, 0.2) is 29.2 Å². The molecule has 198 valence electrons. The number of hydrogen-bond acceptors (Lipinski definition) is 8. The third-order valence-electron chi connectivity index (χ3n) is 8.33. The van der Waals surface area contributed by atoms with Gasteiger partial charge in [-0.1, -0.05) is 6.92 Å². The van der Waals surface area contributed by atoms with E-state index in [1.807, 2.05) is 0 Å². The molecule has 11 heteroatoms. The molecule has 0 saturated carbocycles. The van der Waals surface area contributed by atoms with Crippen LogP contribution in [0, 0.1) is 12.7 Å². The highest BCUT2D eigenvalue weighted by Gasteiger charge is 2.46. The van der Waals surface area contributed by atoms with Crippen molar-refractivity contribution in [2.75, 3.05) is 5.32 Å². The van der Waals surface area contributed by atoms with E-state index in [0.29, 0.717) is 41.1 Å². The first kappa shape index (κ1) is 24.2. The lowest BCUT2D eigenvalue weighted by Gasteiger charge is -2.31. The number of aliphatic hydroxyl groups is 1. The van der Waals surface area contributed by atoms with Gasteiger partial charge in [-0.15, -0.1) is 0 Å². The highest BCUT2D eigenvalue weighted by Crippen LogP contribution is 2.46. The van der Waals surface area contributed by atoms with Crippen molar-refractivity contribution in [3.8, 4) is 11.4 Å². The maximum atomic E-state index is 15.0. The van der Waals surface area contributed by atoms with Gasteiger partial charge in [0.25, 0.3) is 5.56 Å². The van der Waals surface area contributed by atoms with Gasteiger partial charge < -0.3 is 19.7 Å². The molecule has 3 aliphatic rings. The maximum absolute atomic E-state index is 15.0. The van der Waals surface area contributed by atoms with E-state index in [2.05, 4.69) is 15.3 Å². The maximum Gasteiger partial charge on any atom is 0.343 e. The van der Waals surface area contributed by atoms with E-state index in [9.17, 15) is 14.7 Å². The minimum Gasteiger partial charge on any atom is -0.458 e. The molecule has 1 aromatic carbocycles. The third kappa shape index (κ3) is 3.31. The number of aryl methyl sites for hydroxylation is 1. The first-order valence-electron chi connectivity index (χ1n) is 12.8. The van der Waals surface area contributed by atoms with Gasteiger partial charge in [-0.25, -0.2) is 24.1 Å². The van der Waals surface area contributed by atoms with Crippen LogP contribution in [-0.2, 0) is 34.7 Å². The zero-order chi connectivity index (χ0) is 27.2. The minimum absolute atomic E-state index is 0.0479. The van der Waals surface area contributed by atoms with Gasteiger partial charge in [-0.3, -0.25) is 4.79 Å². The number of esters is 1. The van der Waals surface area contributed by atoms with Gasteiger partial charge in [0.1, 0.15) is 18.2 Å². The molecule has 0 spiro atoms. The van der Waals surface area contributed by atoms with Gasteiger partial charge in [0.2, 0.25) is 5.28 Å². The van der Waals surface area contributed by atoms with Crippen molar-refractivity contribution in [1.82, 2.24) is 19.5 Å². The standard InChI is InChI=1S/C28H23ClFN5O4/c1-3-28(38)16-8-20-24-14(10-35(20)25(36)15(16)11-39-26(28)37)23-18(32-21-6-7-31-27(29)34-21)5-4-13-12(2)17(30)9-19(33-24)22(13)23/h6-9,18,38H,3-5,10-11H2,1-2H3,(H,31,32,34)/t18-,28-/m0/s1. The Labute approximate surface area is 226 Å². The summed E-state index contributed by atoms with van der Waals surface area (Å²) >= 11 is 6.04. The molecule has 0 fully saturated rings. The van der Waals surface area contributed by atoms with Crippen molar-refractivity contribution in [2.45, 2.75) is 57.9 Å². The van der Waals surface area contributed by atoms with E-state index in [0.717, 1.165) is 22.1 Å². The number of nitrogens with zero attached hydrogens (tertiary/aromatic N) is 4. The zero-order valence-electron chi connectivity index (χ0n) is 21.1. The number of rotatable bonds is 3. The molecule has 1 aliphatic carbocycles. The summed E-state index contributed by atoms with van der Waals surface area (Å²) in [5.41, 5.74) is 2.94. The first-order chi connectivity index (χ1) is 18.7. The number of hydrogen-bond donors (Lipinski definition) is 2. The Balaban J connectivity index is 1.50. The first-order valence-corrected chi connectivity index (χ1v) is 13.2. The van der Waals surface area contributed by atoms with E-state index in [4.69, 9.17) is 21.3 Å². The van der Waals surface area contributed by atoms with E-state index in [1.54, 1.807) is 36.7 Å². The summed E-state index contributed by atoms with van der Waals surface area (Å²) in [5.74, 6) is -0.571. The Hall–Kier alpha value is -3.89. The van der Waals surface area contributed by atoms with Crippen molar-refractivity contribution in [1.29, 1.82) is 0 Å². The van der Waals surface area contributed by atoms with E-state index >= 15 is 4.39 Å². The largest absolute Gasteiger partial charge is 0.458 e. The average Bonchev–Trinajstić information content (AvgIpc) is 3.29. The molecule has 2 atom stereocenters. The third-order valence-corrected chi connectivity index (χ3v) is 8.51. The monoisotopic (exact) mass is 547 g/mol. The van der Waals surface area contributed by atoms with Crippen molar-refractivity contribution in [3.05, 3.63) is 79.2 Å². The lowest BCUT2D eigenvalue weighted by atomic mass is 9.81. The van der Waals surface area contributed by atoms with Crippen molar-refractivity contribution >= 4 is 34.3 Å². The van der Waals surface area contributed by atoms with Crippen molar-refractivity contribution in [2.24, 2.45) is 0 Å². The lowest BCUT2D eigenvalue weighted by molar-refractivity contribution is -0.172. The number of aromatic nitrogens is 4. The highest BCUT2D eigenvalue weighted by molar-refractivity contribution is 6.28. The molecule has 9 nitrogen and oxygen atoms in total. The molecule has 2 N–H and O–H groups in total. The molecule has 4 aromatic rings. The number of nitrogens with one attached hydrogen (secondary N) is 1. The van der Waals surface area contributed by atoms with Gasteiger partial charge in [-0.2, -0.15) is 0 Å². The number of fused-ring (bicyclic) bond motifs is 5. The summed E-state index contributed by atoms with van der Waals surface area (Å²) in [7, 11) is 0. The van der Waals surface area contributed by atoms with Crippen LogP contribution < -0.4 is 10.9 Å². The average molecular weight is 548 g/mol. The molecule has 7 rings (SSSR count). The van der Waals surface area contributed by atoms with Crippen LogP contribution >= 0.6 is 11.6 Å². The molecular formula is C28H23ClFN5O4. The van der Waals surface area contributed by atoms with Crippen LogP contribution in [0.2, 0.25) is 5.28 Å². The Morgan fingerprint density at radius 2 is 2.08 bits per heavy atom. The topological polar surface area (TPSA) is 119 Å². The summed E-state index contributed by atoms with van der Waals surface area (Å²) in [6.45, 7) is 3.47. The predicted octanol–water partition coefficient (Wildman–Crippen LogP) is 4.07. The lowest BCUT2D eigenvalue weighted by Crippen LogP contribution is -2.44. The molecule has 0 saturated heterocycles. The van der Waals surface area contributed by atoms with Crippen molar-refractivity contribution < 1.29 is 19.0 Å². The molecule has 3 aromatic heterocycles. The fraction of sp³-hybridized carbons (Fsp3) is 0.321. The van der Waals surface area contributed by atoms with Gasteiger partial charge in [0.05, 0.1) is 35.1 Å². The second-order valence-corrected chi connectivity index (χ2v) is 10.6. The molecular weight excluding hydrogens is 525 g/mol. The van der Waals surface area contributed by atoms with Gasteiger partial charge in [0.15, 0.2) is 5.60 Å². The number of carbonyl (C=O) groups is 1. The van der Waals surface area contributed by atoms with E-state index in [1.165, 1.54) is 6.07 Å². The second-order valence-electron chi connectivity index (χ2n) is 10.3. The number of halogens is 2. The van der Waals surface area contributed by atoms with Crippen LogP contribution in [0.1, 0.15) is 59.2 Å².